The van der Waals surface area contributed by atoms with E-state index in [0.717, 1.165) is 49.0 Å². The number of ether oxygens (including phenoxy) is 1. The molecule has 0 amide bonds. The van der Waals surface area contributed by atoms with E-state index >= 15 is 0 Å². The summed E-state index contributed by atoms with van der Waals surface area (Å²) in [7, 11) is 0. The minimum Gasteiger partial charge on any atom is -0.493 e. The highest BCUT2D eigenvalue weighted by molar-refractivity contribution is 5.69. The highest BCUT2D eigenvalue weighted by atomic mass is 16.5. The Morgan fingerprint density at radius 3 is 2.23 bits per heavy atom. The molecule has 0 saturated carbocycles. The first-order valence-corrected chi connectivity index (χ1v) is 12.5. The average Bonchev–Trinajstić information content (AvgIpc) is 2.76. The largest absolute Gasteiger partial charge is 0.493 e. The predicted octanol–water partition coefficient (Wildman–Crippen LogP) is 7.09. The molecule has 0 N–H and O–H groups in total. The van der Waals surface area contributed by atoms with Crippen molar-refractivity contribution in [2.24, 2.45) is 11.8 Å². The quantitative estimate of drug-likeness (QED) is 0.431. The van der Waals surface area contributed by atoms with Gasteiger partial charge in [-0.3, -0.25) is 9.88 Å². The summed E-state index contributed by atoms with van der Waals surface area (Å²) in [5, 5.41) is 0. The van der Waals surface area contributed by atoms with Crippen LogP contribution in [0.1, 0.15) is 83.5 Å². The van der Waals surface area contributed by atoms with Gasteiger partial charge in [0, 0.05) is 42.5 Å². The molecular formula is C28H42N2O. The number of pyridine rings is 1. The smallest absolute Gasteiger partial charge is 0.127 e. The topological polar surface area (TPSA) is 25.4 Å². The fraction of sp³-hybridized carbons (Fsp3) is 0.607. The third-order valence-corrected chi connectivity index (χ3v) is 6.71. The Balaban J connectivity index is 2.06. The first kappa shape index (κ1) is 23.8. The molecule has 0 bridgehead atoms. The van der Waals surface area contributed by atoms with Crippen LogP contribution in [0.15, 0.2) is 30.5 Å². The van der Waals surface area contributed by atoms with Gasteiger partial charge in [0.2, 0.25) is 0 Å². The molecule has 3 nitrogen and oxygen atoms in total. The molecule has 1 fully saturated rings. The Hall–Kier alpha value is -1.87. The molecule has 1 aromatic heterocycles. The second-order valence-electron chi connectivity index (χ2n) is 9.40. The molecule has 2 aromatic rings. The molecule has 1 aliphatic heterocycles. The lowest BCUT2D eigenvalue weighted by atomic mass is 9.88. The summed E-state index contributed by atoms with van der Waals surface area (Å²) >= 11 is 0. The molecule has 3 rings (SSSR count). The molecule has 1 aliphatic rings. The van der Waals surface area contributed by atoms with E-state index in [1.54, 1.807) is 0 Å². The zero-order chi connectivity index (χ0) is 22.4. The van der Waals surface area contributed by atoms with Gasteiger partial charge in [-0.1, -0.05) is 59.2 Å². The molecule has 170 valence electrons. The molecule has 0 spiro atoms. The van der Waals surface area contributed by atoms with E-state index in [0.29, 0.717) is 12.6 Å². The van der Waals surface area contributed by atoms with Gasteiger partial charge in [0.15, 0.2) is 0 Å². The summed E-state index contributed by atoms with van der Waals surface area (Å²) in [5.41, 5.74) is 6.35. The fourth-order valence-electron chi connectivity index (χ4n) is 5.46. The number of rotatable bonds is 9. The Labute approximate surface area is 190 Å². The van der Waals surface area contributed by atoms with Gasteiger partial charge in [0.05, 0.1) is 12.3 Å². The minimum atomic E-state index is 0.380. The van der Waals surface area contributed by atoms with E-state index in [4.69, 9.17) is 9.72 Å². The van der Waals surface area contributed by atoms with Crippen LogP contribution in [-0.4, -0.2) is 29.6 Å². The lowest BCUT2D eigenvalue weighted by Crippen LogP contribution is -2.41. The third-order valence-electron chi connectivity index (χ3n) is 6.71. The summed E-state index contributed by atoms with van der Waals surface area (Å²) in [4.78, 5) is 7.73. The maximum absolute atomic E-state index is 6.25. The zero-order valence-corrected chi connectivity index (χ0v) is 20.6. The van der Waals surface area contributed by atoms with Crippen molar-refractivity contribution >= 4 is 0 Å². The zero-order valence-electron chi connectivity index (χ0n) is 20.6. The van der Waals surface area contributed by atoms with Crippen LogP contribution >= 0.6 is 0 Å². The summed E-state index contributed by atoms with van der Waals surface area (Å²) < 4.78 is 6.25. The Kier molecular flexibility index (Phi) is 8.54. The Morgan fingerprint density at radius 1 is 1.03 bits per heavy atom. The number of hydrogen-bond donors (Lipinski definition) is 0. The maximum atomic E-state index is 6.25. The van der Waals surface area contributed by atoms with E-state index in [-0.39, 0.29) is 0 Å². The standard InChI is InChI=1S/C28H42N2O/c1-7-12-26(30-18-20(5)15-21(6)19-30)24-17-29-25(16-27(24)31-10-4)28-22(8-2)13-11-14-23(28)9-3/h11,13-14,16-17,20-21,26H,7-10,12,15,18-19H2,1-6H3. The van der Waals surface area contributed by atoms with Gasteiger partial charge < -0.3 is 4.74 Å². The van der Waals surface area contributed by atoms with Crippen molar-refractivity contribution in [2.75, 3.05) is 19.7 Å². The van der Waals surface area contributed by atoms with E-state index < -0.39 is 0 Å². The van der Waals surface area contributed by atoms with E-state index in [9.17, 15) is 0 Å². The molecule has 31 heavy (non-hydrogen) atoms. The third kappa shape index (κ3) is 5.49. The monoisotopic (exact) mass is 422 g/mol. The van der Waals surface area contributed by atoms with Gasteiger partial charge in [0.25, 0.3) is 0 Å². The van der Waals surface area contributed by atoms with Crippen LogP contribution in [0.3, 0.4) is 0 Å². The van der Waals surface area contributed by atoms with E-state index in [1.165, 1.54) is 41.8 Å². The van der Waals surface area contributed by atoms with Crippen molar-refractivity contribution in [3.05, 3.63) is 47.2 Å². The summed E-state index contributed by atoms with van der Waals surface area (Å²) in [6.07, 6.45) is 7.79. The Bertz CT molecular complexity index is 815. The van der Waals surface area contributed by atoms with Gasteiger partial charge in [-0.05, 0) is 55.6 Å². The van der Waals surface area contributed by atoms with Crippen LogP contribution in [0.2, 0.25) is 0 Å². The predicted molar refractivity (Wildman–Crippen MR) is 132 cm³/mol. The Morgan fingerprint density at radius 2 is 1.68 bits per heavy atom. The van der Waals surface area contributed by atoms with Crippen molar-refractivity contribution in [2.45, 2.75) is 79.7 Å². The van der Waals surface area contributed by atoms with E-state index in [1.807, 2.05) is 0 Å². The number of piperidine rings is 1. The van der Waals surface area contributed by atoms with Crippen molar-refractivity contribution in [1.29, 1.82) is 0 Å². The number of aromatic nitrogens is 1. The first-order valence-electron chi connectivity index (χ1n) is 12.5. The second kappa shape index (κ2) is 11.1. The number of aryl methyl sites for hydroxylation is 2. The van der Waals surface area contributed by atoms with Gasteiger partial charge in [-0.15, -0.1) is 0 Å². The molecule has 1 saturated heterocycles. The van der Waals surface area contributed by atoms with Crippen molar-refractivity contribution in [3.8, 4) is 17.0 Å². The van der Waals surface area contributed by atoms with Crippen LogP contribution < -0.4 is 4.74 Å². The van der Waals surface area contributed by atoms with Crippen molar-refractivity contribution in [1.82, 2.24) is 9.88 Å². The second-order valence-corrected chi connectivity index (χ2v) is 9.40. The molecule has 3 atom stereocenters. The number of nitrogens with zero attached hydrogens (tertiary/aromatic N) is 2. The lowest BCUT2D eigenvalue weighted by molar-refractivity contribution is 0.0882. The number of benzene rings is 1. The molecule has 3 unspecified atom stereocenters. The molecule has 3 heteroatoms. The van der Waals surface area contributed by atoms with Gasteiger partial charge in [0.1, 0.15) is 5.75 Å². The average molecular weight is 423 g/mol. The number of hydrogen-bond acceptors (Lipinski definition) is 3. The molecule has 1 aromatic carbocycles. The maximum Gasteiger partial charge on any atom is 0.127 e. The number of likely N-dealkylation sites (tertiary alicyclic amines) is 1. The van der Waals surface area contributed by atoms with E-state index in [2.05, 4.69) is 76.9 Å². The van der Waals surface area contributed by atoms with Gasteiger partial charge in [-0.25, -0.2) is 0 Å². The molecular weight excluding hydrogens is 380 g/mol. The van der Waals surface area contributed by atoms with Crippen LogP contribution in [0.4, 0.5) is 0 Å². The van der Waals surface area contributed by atoms with Gasteiger partial charge >= 0.3 is 0 Å². The highest BCUT2D eigenvalue weighted by Crippen LogP contribution is 2.39. The minimum absolute atomic E-state index is 0.380. The molecule has 2 heterocycles. The highest BCUT2D eigenvalue weighted by Gasteiger charge is 2.30. The molecule has 0 radical (unpaired) electrons. The first-order chi connectivity index (χ1) is 15.0. The molecule has 0 aliphatic carbocycles. The summed E-state index contributed by atoms with van der Waals surface area (Å²) in [6, 6.07) is 9.24. The van der Waals surface area contributed by atoms with Crippen LogP contribution in [-0.2, 0) is 12.8 Å². The normalized spacial score (nSPS) is 20.6. The summed E-state index contributed by atoms with van der Waals surface area (Å²) in [6.45, 7) is 16.6. The lowest BCUT2D eigenvalue weighted by Gasteiger charge is -2.40. The van der Waals surface area contributed by atoms with Gasteiger partial charge in [-0.2, -0.15) is 0 Å². The van der Waals surface area contributed by atoms with Crippen molar-refractivity contribution < 1.29 is 4.74 Å². The van der Waals surface area contributed by atoms with Crippen LogP contribution in [0.25, 0.3) is 11.3 Å². The fourth-order valence-corrected chi connectivity index (χ4v) is 5.46. The van der Waals surface area contributed by atoms with Crippen LogP contribution in [0.5, 0.6) is 5.75 Å². The summed E-state index contributed by atoms with van der Waals surface area (Å²) in [5.74, 6) is 2.51. The van der Waals surface area contributed by atoms with Crippen molar-refractivity contribution in [3.63, 3.8) is 0 Å². The SMILES string of the molecule is CCCC(c1cnc(-c2c(CC)cccc2CC)cc1OCC)N1CC(C)CC(C)C1. The van der Waals surface area contributed by atoms with Crippen LogP contribution in [0, 0.1) is 11.8 Å².